The van der Waals surface area contributed by atoms with E-state index >= 15 is 0 Å². The van der Waals surface area contributed by atoms with Crippen LogP contribution >= 0.6 is 22.6 Å². The summed E-state index contributed by atoms with van der Waals surface area (Å²) in [5.41, 5.74) is 0.222. The molecule has 1 aromatic carbocycles. The quantitative estimate of drug-likeness (QED) is 0.383. The number of aromatic carboxylic acids is 1. The van der Waals surface area contributed by atoms with Crippen molar-refractivity contribution in [1.82, 2.24) is 9.47 Å². The first kappa shape index (κ1) is 19.3. The zero-order chi connectivity index (χ0) is 18.9. The third-order valence-electron chi connectivity index (χ3n) is 4.62. The number of benzene rings is 1. The molecular formula is C17H19F3IN3O2. The first-order valence-corrected chi connectivity index (χ1v) is 9.79. The van der Waals surface area contributed by atoms with Crippen molar-refractivity contribution in [3.05, 3.63) is 30.0 Å². The number of alkyl halides is 4. The zero-order valence-corrected chi connectivity index (χ0v) is 16.0. The fourth-order valence-electron chi connectivity index (χ4n) is 3.42. The molecule has 0 amide bonds. The van der Waals surface area contributed by atoms with Gasteiger partial charge in [0, 0.05) is 24.5 Å². The molecule has 0 atom stereocenters. The van der Waals surface area contributed by atoms with E-state index in [0.717, 1.165) is 35.0 Å². The highest BCUT2D eigenvalue weighted by Gasteiger charge is 2.33. The maximum absolute atomic E-state index is 13.0. The van der Waals surface area contributed by atoms with E-state index in [-0.39, 0.29) is 22.9 Å². The minimum Gasteiger partial charge on any atom is -0.477 e. The predicted molar refractivity (Wildman–Crippen MR) is 102 cm³/mol. The van der Waals surface area contributed by atoms with Gasteiger partial charge in [-0.05, 0) is 18.9 Å². The van der Waals surface area contributed by atoms with E-state index in [4.69, 9.17) is 0 Å². The second-order valence-corrected chi connectivity index (χ2v) is 7.09. The van der Waals surface area contributed by atoms with Crippen LogP contribution in [0.25, 0.3) is 10.9 Å². The van der Waals surface area contributed by atoms with Crippen LogP contribution in [0.15, 0.2) is 24.3 Å². The molecule has 26 heavy (non-hydrogen) atoms. The summed E-state index contributed by atoms with van der Waals surface area (Å²) in [6, 6.07) is 6.55. The Morgan fingerprint density at radius 3 is 2.50 bits per heavy atom. The highest BCUT2D eigenvalue weighted by atomic mass is 127. The highest BCUT2D eigenvalue weighted by molar-refractivity contribution is 14.1. The number of piperidine rings is 1. The van der Waals surface area contributed by atoms with Crippen LogP contribution in [0.3, 0.4) is 0 Å². The predicted octanol–water partition coefficient (Wildman–Crippen LogP) is 4.17. The van der Waals surface area contributed by atoms with Crippen LogP contribution in [0.1, 0.15) is 23.3 Å². The van der Waals surface area contributed by atoms with Gasteiger partial charge < -0.3 is 15.0 Å². The third kappa shape index (κ3) is 4.08. The average Bonchev–Trinajstić information content (AvgIpc) is 2.88. The molecule has 3 rings (SSSR count). The van der Waals surface area contributed by atoms with Gasteiger partial charge in [-0.2, -0.15) is 13.2 Å². The number of anilines is 1. The second kappa shape index (κ2) is 7.63. The van der Waals surface area contributed by atoms with Crippen LogP contribution in [0.4, 0.5) is 18.9 Å². The van der Waals surface area contributed by atoms with E-state index in [1.807, 2.05) is 0 Å². The molecule has 1 aromatic heterocycles. The number of hydrogen-bond donors (Lipinski definition) is 2. The van der Waals surface area contributed by atoms with Gasteiger partial charge in [0.05, 0.1) is 15.8 Å². The SMILES string of the molecule is O=C(O)c1c(NC2CCN(CI)CC2)c2ccccc2n1CC(F)(F)F. The van der Waals surface area contributed by atoms with E-state index in [2.05, 4.69) is 32.8 Å². The molecule has 142 valence electrons. The Hall–Kier alpha value is -1.49. The summed E-state index contributed by atoms with van der Waals surface area (Å²) in [5.74, 6) is -1.36. The summed E-state index contributed by atoms with van der Waals surface area (Å²) in [4.78, 5) is 14.1. The first-order valence-electron chi connectivity index (χ1n) is 8.26. The van der Waals surface area contributed by atoms with Gasteiger partial charge in [-0.1, -0.05) is 40.8 Å². The van der Waals surface area contributed by atoms with Gasteiger partial charge in [-0.3, -0.25) is 4.90 Å². The lowest BCUT2D eigenvalue weighted by Crippen LogP contribution is -2.38. The summed E-state index contributed by atoms with van der Waals surface area (Å²) in [5, 5.41) is 13.3. The lowest BCUT2D eigenvalue weighted by molar-refractivity contribution is -0.140. The molecule has 1 fully saturated rings. The van der Waals surface area contributed by atoms with Crippen molar-refractivity contribution in [1.29, 1.82) is 0 Å². The number of nitrogens with zero attached hydrogens (tertiary/aromatic N) is 2. The van der Waals surface area contributed by atoms with Crippen LogP contribution in [0.2, 0.25) is 0 Å². The summed E-state index contributed by atoms with van der Waals surface area (Å²) in [7, 11) is 0. The van der Waals surface area contributed by atoms with Gasteiger partial charge in [0.2, 0.25) is 0 Å². The van der Waals surface area contributed by atoms with E-state index in [9.17, 15) is 23.1 Å². The van der Waals surface area contributed by atoms with E-state index in [1.54, 1.807) is 18.2 Å². The van der Waals surface area contributed by atoms with Crippen molar-refractivity contribution in [2.45, 2.75) is 31.6 Å². The molecule has 0 spiro atoms. The topological polar surface area (TPSA) is 57.5 Å². The molecule has 0 bridgehead atoms. The molecule has 0 radical (unpaired) electrons. The number of likely N-dealkylation sites (tertiary alicyclic amines) is 1. The number of carboxylic acids is 1. The van der Waals surface area contributed by atoms with Crippen molar-refractivity contribution in [3.63, 3.8) is 0 Å². The molecule has 1 saturated heterocycles. The molecule has 1 aliphatic heterocycles. The second-order valence-electron chi connectivity index (χ2n) is 6.40. The molecule has 0 aliphatic carbocycles. The maximum atomic E-state index is 13.0. The molecule has 2 aromatic rings. The number of aromatic nitrogens is 1. The third-order valence-corrected chi connectivity index (χ3v) is 5.58. The van der Waals surface area contributed by atoms with Crippen LogP contribution in [-0.4, -0.2) is 50.4 Å². The first-order chi connectivity index (χ1) is 12.3. The molecular weight excluding hydrogens is 462 g/mol. The summed E-state index contributed by atoms with van der Waals surface area (Å²) >= 11 is 2.30. The van der Waals surface area contributed by atoms with Gasteiger partial charge in [0.1, 0.15) is 6.54 Å². The number of hydrogen-bond acceptors (Lipinski definition) is 3. The number of carbonyl (C=O) groups is 1. The van der Waals surface area contributed by atoms with Crippen molar-refractivity contribution >= 4 is 45.2 Å². The Balaban J connectivity index is 2.01. The minimum absolute atomic E-state index is 0.0393. The molecule has 0 saturated carbocycles. The largest absolute Gasteiger partial charge is 0.477 e. The van der Waals surface area contributed by atoms with Gasteiger partial charge in [0.25, 0.3) is 0 Å². The van der Waals surface area contributed by atoms with Gasteiger partial charge >= 0.3 is 12.1 Å². The Morgan fingerprint density at radius 2 is 1.92 bits per heavy atom. The normalized spacial score (nSPS) is 16.9. The van der Waals surface area contributed by atoms with Crippen molar-refractivity contribution in [2.75, 3.05) is 23.0 Å². The fourth-order valence-corrected chi connectivity index (χ4v) is 4.10. The fraction of sp³-hybridized carbons (Fsp3) is 0.471. The standard InChI is InChI=1S/C17H19F3IN3O2/c18-17(19,20)9-24-13-4-2-1-3-12(13)14(15(24)16(25)26)22-11-5-7-23(10-21)8-6-11/h1-4,11,22H,5-10H2,(H,25,26). The zero-order valence-electron chi connectivity index (χ0n) is 13.9. The van der Waals surface area contributed by atoms with Crippen molar-refractivity contribution in [3.8, 4) is 0 Å². The molecule has 2 heterocycles. The Labute approximate surface area is 162 Å². The smallest absolute Gasteiger partial charge is 0.406 e. The van der Waals surface area contributed by atoms with E-state index in [1.165, 1.54) is 6.07 Å². The molecule has 0 unspecified atom stereocenters. The lowest BCUT2D eigenvalue weighted by Gasteiger charge is -2.31. The van der Waals surface area contributed by atoms with Gasteiger partial charge in [-0.15, -0.1) is 0 Å². The number of carboxylic acid groups (broad SMARTS) is 1. The van der Waals surface area contributed by atoms with Gasteiger partial charge in [0.15, 0.2) is 5.69 Å². The summed E-state index contributed by atoms with van der Waals surface area (Å²) in [6.07, 6.45) is -2.86. The number of halogens is 4. The summed E-state index contributed by atoms with van der Waals surface area (Å²) < 4.78 is 40.8. The Kier molecular flexibility index (Phi) is 5.66. The molecule has 5 nitrogen and oxygen atoms in total. The number of nitrogens with one attached hydrogen (secondary N) is 1. The summed E-state index contributed by atoms with van der Waals surface area (Å²) in [6.45, 7) is 0.429. The number of para-hydroxylation sites is 1. The van der Waals surface area contributed by atoms with Crippen molar-refractivity contribution < 1.29 is 23.1 Å². The van der Waals surface area contributed by atoms with Crippen LogP contribution in [0, 0.1) is 0 Å². The van der Waals surface area contributed by atoms with E-state index < -0.39 is 18.7 Å². The van der Waals surface area contributed by atoms with Crippen LogP contribution < -0.4 is 5.32 Å². The van der Waals surface area contributed by atoms with Crippen LogP contribution in [0.5, 0.6) is 0 Å². The number of fused-ring (bicyclic) bond motifs is 1. The maximum Gasteiger partial charge on any atom is 0.406 e. The van der Waals surface area contributed by atoms with E-state index in [0.29, 0.717) is 5.39 Å². The Morgan fingerprint density at radius 1 is 1.27 bits per heavy atom. The average molecular weight is 481 g/mol. The lowest BCUT2D eigenvalue weighted by atomic mass is 10.0. The number of rotatable bonds is 5. The molecule has 2 N–H and O–H groups in total. The monoisotopic (exact) mass is 481 g/mol. The minimum atomic E-state index is -4.51. The van der Waals surface area contributed by atoms with Gasteiger partial charge in [-0.25, -0.2) is 4.79 Å². The Bertz CT molecular complexity index is 798. The molecule has 9 heteroatoms. The highest BCUT2D eigenvalue weighted by Crippen LogP contribution is 2.35. The van der Waals surface area contributed by atoms with Crippen LogP contribution in [-0.2, 0) is 6.54 Å². The molecule has 1 aliphatic rings. The van der Waals surface area contributed by atoms with Crippen molar-refractivity contribution in [2.24, 2.45) is 0 Å².